The zero-order valence-electron chi connectivity index (χ0n) is 6.80. The van der Waals surface area contributed by atoms with E-state index in [1.165, 1.54) is 0 Å². The summed E-state index contributed by atoms with van der Waals surface area (Å²) in [6, 6.07) is 1.69. The molecule has 0 radical (unpaired) electrons. The standard InChI is InChI=1S/C8H8ClNO.ClH/c1-5-4-10-6(2)3-7(5)8(9)11;/h3-4H,1-2H3;1H. The van der Waals surface area contributed by atoms with Gasteiger partial charge in [-0.3, -0.25) is 9.78 Å². The van der Waals surface area contributed by atoms with Crippen LogP contribution < -0.4 is 0 Å². The molecule has 1 heterocycles. The van der Waals surface area contributed by atoms with Crippen LogP contribution in [-0.2, 0) is 0 Å². The lowest BCUT2D eigenvalue weighted by Crippen LogP contribution is -1.95. The fraction of sp³-hybridized carbons (Fsp3) is 0.250. The van der Waals surface area contributed by atoms with E-state index in [9.17, 15) is 4.79 Å². The van der Waals surface area contributed by atoms with Crippen molar-refractivity contribution in [3.05, 3.63) is 29.1 Å². The first-order valence-corrected chi connectivity index (χ1v) is 3.62. The van der Waals surface area contributed by atoms with Crippen LogP contribution >= 0.6 is 24.0 Å². The van der Waals surface area contributed by atoms with E-state index < -0.39 is 5.24 Å². The van der Waals surface area contributed by atoms with Crippen molar-refractivity contribution >= 4 is 29.3 Å². The van der Waals surface area contributed by atoms with Crippen LogP contribution in [0.2, 0.25) is 0 Å². The van der Waals surface area contributed by atoms with Gasteiger partial charge in [-0.1, -0.05) is 0 Å². The molecule has 0 unspecified atom stereocenters. The average molecular weight is 206 g/mol. The summed E-state index contributed by atoms with van der Waals surface area (Å²) in [5, 5.41) is -0.423. The molecular formula is C8H9Cl2NO. The van der Waals surface area contributed by atoms with Crippen molar-refractivity contribution in [2.45, 2.75) is 13.8 Å². The van der Waals surface area contributed by atoms with E-state index in [0.717, 1.165) is 11.3 Å². The second kappa shape index (κ2) is 4.43. The van der Waals surface area contributed by atoms with Crippen molar-refractivity contribution in [1.82, 2.24) is 4.98 Å². The molecule has 1 aromatic heterocycles. The summed E-state index contributed by atoms with van der Waals surface area (Å²) in [6.07, 6.45) is 1.64. The number of hydrogen-bond donors (Lipinski definition) is 0. The Morgan fingerprint density at radius 1 is 1.50 bits per heavy atom. The highest BCUT2D eigenvalue weighted by Crippen LogP contribution is 2.10. The van der Waals surface area contributed by atoms with Crippen LogP contribution in [0.5, 0.6) is 0 Å². The van der Waals surface area contributed by atoms with Crippen LogP contribution in [0.1, 0.15) is 21.6 Å². The predicted octanol–water partition coefficient (Wildman–Crippen LogP) is 2.50. The Balaban J connectivity index is 0.00000121. The van der Waals surface area contributed by atoms with Crippen LogP contribution in [0.25, 0.3) is 0 Å². The summed E-state index contributed by atoms with van der Waals surface area (Å²) in [7, 11) is 0. The van der Waals surface area contributed by atoms with Crippen molar-refractivity contribution in [1.29, 1.82) is 0 Å². The van der Waals surface area contributed by atoms with Gasteiger partial charge in [-0.15, -0.1) is 12.4 Å². The molecule has 1 rings (SSSR count). The molecule has 0 atom stereocenters. The molecule has 0 fully saturated rings. The molecular weight excluding hydrogens is 197 g/mol. The number of pyridine rings is 1. The van der Waals surface area contributed by atoms with Crippen molar-refractivity contribution in [3.8, 4) is 0 Å². The molecule has 2 nitrogen and oxygen atoms in total. The van der Waals surface area contributed by atoms with Gasteiger partial charge in [0.15, 0.2) is 0 Å². The minimum Gasteiger partial charge on any atom is -0.276 e. The summed E-state index contributed by atoms with van der Waals surface area (Å²) in [4.78, 5) is 14.8. The number of hydrogen-bond acceptors (Lipinski definition) is 2. The molecule has 66 valence electrons. The first-order valence-electron chi connectivity index (χ1n) is 3.24. The van der Waals surface area contributed by atoms with Crippen molar-refractivity contribution in [3.63, 3.8) is 0 Å². The number of aromatic nitrogens is 1. The minimum absolute atomic E-state index is 0. The Morgan fingerprint density at radius 2 is 2.08 bits per heavy atom. The van der Waals surface area contributed by atoms with E-state index in [4.69, 9.17) is 11.6 Å². The van der Waals surface area contributed by atoms with Gasteiger partial charge in [0.05, 0.1) is 0 Å². The third-order valence-corrected chi connectivity index (χ3v) is 1.66. The number of aryl methyl sites for hydroxylation is 2. The van der Waals surface area contributed by atoms with Gasteiger partial charge in [0.1, 0.15) is 0 Å². The maximum absolute atomic E-state index is 10.8. The number of carbonyl (C=O) groups excluding carboxylic acids is 1. The molecule has 0 aromatic carbocycles. The number of nitrogens with zero attached hydrogens (tertiary/aromatic N) is 1. The summed E-state index contributed by atoms with van der Waals surface area (Å²) in [6.45, 7) is 3.63. The molecule has 0 bridgehead atoms. The van der Waals surface area contributed by atoms with E-state index >= 15 is 0 Å². The highest BCUT2D eigenvalue weighted by atomic mass is 35.5. The molecule has 1 aromatic rings. The van der Waals surface area contributed by atoms with Gasteiger partial charge in [-0.05, 0) is 37.1 Å². The maximum atomic E-state index is 10.8. The highest BCUT2D eigenvalue weighted by Gasteiger charge is 2.05. The van der Waals surface area contributed by atoms with E-state index in [2.05, 4.69) is 4.98 Å². The van der Waals surface area contributed by atoms with Gasteiger partial charge in [-0.25, -0.2) is 0 Å². The summed E-state index contributed by atoms with van der Waals surface area (Å²) in [5.74, 6) is 0. The summed E-state index contributed by atoms with van der Waals surface area (Å²) in [5.41, 5.74) is 2.16. The largest absolute Gasteiger partial charge is 0.276 e. The van der Waals surface area contributed by atoms with Gasteiger partial charge in [0.2, 0.25) is 0 Å². The summed E-state index contributed by atoms with van der Waals surface area (Å²) >= 11 is 5.31. The lowest BCUT2D eigenvalue weighted by molar-refractivity contribution is 0.108. The fourth-order valence-corrected chi connectivity index (χ4v) is 1.04. The highest BCUT2D eigenvalue weighted by molar-refractivity contribution is 6.67. The van der Waals surface area contributed by atoms with Crippen LogP contribution in [0.3, 0.4) is 0 Å². The second-order valence-electron chi connectivity index (χ2n) is 2.41. The first-order chi connectivity index (χ1) is 5.11. The smallest absolute Gasteiger partial charge is 0.252 e. The zero-order chi connectivity index (χ0) is 8.43. The minimum atomic E-state index is -0.423. The first kappa shape index (κ1) is 11.4. The molecule has 0 amide bonds. The average Bonchev–Trinajstić information content (AvgIpc) is 1.94. The van der Waals surface area contributed by atoms with Gasteiger partial charge in [0, 0.05) is 17.5 Å². The van der Waals surface area contributed by atoms with Crippen molar-refractivity contribution in [2.24, 2.45) is 0 Å². The van der Waals surface area contributed by atoms with E-state index in [1.54, 1.807) is 12.3 Å². The summed E-state index contributed by atoms with van der Waals surface area (Å²) < 4.78 is 0. The van der Waals surface area contributed by atoms with Crippen LogP contribution in [-0.4, -0.2) is 10.2 Å². The quantitative estimate of drug-likeness (QED) is 0.660. The predicted molar refractivity (Wildman–Crippen MR) is 51.1 cm³/mol. The van der Waals surface area contributed by atoms with Crippen LogP contribution in [0.15, 0.2) is 12.3 Å². The molecule has 4 heteroatoms. The molecule has 0 saturated carbocycles. The third-order valence-electron chi connectivity index (χ3n) is 1.45. The molecule has 0 aliphatic carbocycles. The molecule has 12 heavy (non-hydrogen) atoms. The number of rotatable bonds is 1. The Kier molecular flexibility index (Phi) is 4.21. The SMILES string of the molecule is Cc1cc(C(=O)Cl)c(C)cn1.Cl. The Bertz CT molecular complexity index is 299. The van der Waals surface area contributed by atoms with Crippen molar-refractivity contribution < 1.29 is 4.79 Å². The van der Waals surface area contributed by atoms with E-state index in [1.807, 2.05) is 13.8 Å². The lowest BCUT2D eigenvalue weighted by Gasteiger charge is -1.99. The third kappa shape index (κ3) is 2.47. The monoisotopic (exact) mass is 205 g/mol. The van der Waals surface area contributed by atoms with Gasteiger partial charge in [-0.2, -0.15) is 0 Å². The molecule has 0 aliphatic heterocycles. The lowest BCUT2D eigenvalue weighted by atomic mass is 10.1. The van der Waals surface area contributed by atoms with Gasteiger partial charge >= 0.3 is 0 Å². The van der Waals surface area contributed by atoms with Crippen LogP contribution in [0, 0.1) is 13.8 Å². The topological polar surface area (TPSA) is 30.0 Å². The zero-order valence-corrected chi connectivity index (χ0v) is 8.37. The molecule has 0 spiro atoms. The van der Waals surface area contributed by atoms with E-state index in [-0.39, 0.29) is 12.4 Å². The maximum Gasteiger partial charge on any atom is 0.252 e. The molecule has 0 saturated heterocycles. The normalized spacial score (nSPS) is 8.92. The number of halogens is 2. The Labute approximate surface area is 82.4 Å². The van der Waals surface area contributed by atoms with E-state index in [0.29, 0.717) is 5.56 Å². The molecule has 0 aliphatic rings. The fourth-order valence-electron chi connectivity index (χ4n) is 0.840. The van der Waals surface area contributed by atoms with Gasteiger partial charge in [0.25, 0.3) is 5.24 Å². The second-order valence-corrected chi connectivity index (χ2v) is 2.76. The van der Waals surface area contributed by atoms with Crippen LogP contribution in [0.4, 0.5) is 0 Å². The van der Waals surface area contributed by atoms with Gasteiger partial charge < -0.3 is 0 Å². The molecule has 0 N–H and O–H groups in total. The van der Waals surface area contributed by atoms with Crippen molar-refractivity contribution in [2.75, 3.05) is 0 Å². The Morgan fingerprint density at radius 3 is 2.50 bits per heavy atom. The number of carbonyl (C=O) groups is 1. The Hall–Kier alpha value is -0.600.